The van der Waals surface area contributed by atoms with Gasteiger partial charge in [0.1, 0.15) is 12.6 Å². The van der Waals surface area contributed by atoms with Gasteiger partial charge >= 0.3 is 0 Å². The molecule has 0 aromatic heterocycles. The second kappa shape index (κ2) is 13.7. The van der Waals surface area contributed by atoms with E-state index < -0.39 is 28.5 Å². The van der Waals surface area contributed by atoms with Crippen molar-refractivity contribution in [3.8, 4) is 0 Å². The number of hydrogen-bond donors (Lipinski definition) is 1. The van der Waals surface area contributed by atoms with Crippen LogP contribution in [0.2, 0.25) is 15.1 Å². The summed E-state index contributed by atoms with van der Waals surface area (Å²) in [5.74, 6) is -0.765. The van der Waals surface area contributed by atoms with Crippen LogP contribution in [-0.2, 0) is 26.2 Å². The molecule has 0 aliphatic heterocycles. The van der Waals surface area contributed by atoms with Gasteiger partial charge in [0.05, 0.1) is 20.6 Å². The Kier molecular flexibility index (Phi) is 10.9. The lowest BCUT2D eigenvalue weighted by atomic mass is 10.1. The van der Waals surface area contributed by atoms with Gasteiger partial charge in [-0.15, -0.1) is 0 Å². The molecule has 1 N–H and O–H groups in total. The first-order chi connectivity index (χ1) is 18.8. The molecular formula is C29H32Cl3N3O4S. The summed E-state index contributed by atoms with van der Waals surface area (Å²) in [4.78, 5) is 28.3. The van der Waals surface area contributed by atoms with Crippen molar-refractivity contribution in [1.82, 2.24) is 10.2 Å². The summed E-state index contributed by atoms with van der Waals surface area (Å²) in [7, 11) is -4.22. The second-order valence-electron chi connectivity index (χ2n) is 9.85. The van der Waals surface area contributed by atoms with Crippen molar-refractivity contribution in [2.24, 2.45) is 5.92 Å². The van der Waals surface area contributed by atoms with Crippen molar-refractivity contribution >= 4 is 62.3 Å². The zero-order valence-electron chi connectivity index (χ0n) is 22.7. The van der Waals surface area contributed by atoms with Crippen molar-refractivity contribution in [1.29, 1.82) is 0 Å². The van der Waals surface area contributed by atoms with Gasteiger partial charge in [-0.3, -0.25) is 13.9 Å². The van der Waals surface area contributed by atoms with Crippen LogP contribution in [0, 0.1) is 12.8 Å². The Labute approximate surface area is 251 Å². The molecule has 40 heavy (non-hydrogen) atoms. The SMILES string of the molecule is Cc1ccc(S(=O)(=O)N(CC(=O)N(Cc2ccccc2Cl)[C@H](C)C(=O)NCC(C)C)c2ccc(Cl)c(Cl)c2)cc1. The summed E-state index contributed by atoms with van der Waals surface area (Å²) in [6.45, 7) is 7.19. The Hall–Kier alpha value is -2.78. The maximum Gasteiger partial charge on any atom is 0.264 e. The Morgan fingerprint density at radius 2 is 1.52 bits per heavy atom. The standard InChI is InChI=1S/C29H32Cl3N3O4S/c1-19(2)16-33-29(37)21(4)34(17-22-7-5-6-8-25(22)30)28(36)18-35(23-11-14-26(31)27(32)15-23)40(38,39)24-12-9-20(3)10-13-24/h5-15,19,21H,16-18H2,1-4H3,(H,33,37)/t21-/m1/s1. The van der Waals surface area contributed by atoms with Gasteiger partial charge < -0.3 is 10.2 Å². The molecule has 0 saturated carbocycles. The van der Waals surface area contributed by atoms with Crippen LogP contribution in [-0.4, -0.2) is 44.3 Å². The number of hydrogen-bond acceptors (Lipinski definition) is 4. The van der Waals surface area contributed by atoms with Crippen LogP contribution in [0.1, 0.15) is 31.9 Å². The molecule has 0 unspecified atom stereocenters. The number of carbonyl (C=O) groups is 2. The summed E-state index contributed by atoms with van der Waals surface area (Å²) < 4.78 is 28.7. The van der Waals surface area contributed by atoms with E-state index in [1.54, 1.807) is 43.3 Å². The average Bonchev–Trinajstić information content (AvgIpc) is 2.91. The Bertz CT molecular complexity index is 1460. The number of nitrogens with zero attached hydrogens (tertiary/aromatic N) is 2. The molecule has 0 saturated heterocycles. The highest BCUT2D eigenvalue weighted by atomic mass is 35.5. The number of rotatable bonds is 11. The molecule has 2 amide bonds. The van der Waals surface area contributed by atoms with Crippen molar-refractivity contribution in [3.05, 3.63) is 92.9 Å². The van der Waals surface area contributed by atoms with Crippen LogP contribution in [0.5, 0.6) is 0 Å². The number of aryl methyl sites for hydroxylation is 1. The van der Waals surface area contributed by atoms with Crippen molar-refractivity contribution in [2.45, 2.75) is 45.2 Å². The summed E-state index contributed by atoms with van der Waals surface area (Å²) in [6.07, 6.45) is 0. The van der Waals surface area contributed by atoms with Crippen LogP contribution >= 0.6 is 34.8 Å². The summed E-state index contributed by atoms with van der Waals surface area (Å²) in [5, 5.41) is 3.63. The largest absolute Gasteiger partial charge is 0.354 e. The lowest BCUT2D eigenvalue weighted by Gasteiger charge is -2.32. The molecule has 0 bridgehead atoms. The first-order valence-electron chi connectivity index (χ1n) is 12.7. The lowest BCUT2D eigenvalue weighted by Crippen LogP contribution is -2.51. The minimum absolute atomic E-state index is 0.00245. The average molecular weight is 625 g/mol. The summed E-state index contributed by atoms with van der Waals surface area (Å²) in [6, 6.07) is 16.7. The number of anilines is 1. The maximum absolute atomic E-state index is 13.9. The smallest absolute Gasteiger partial charge is 0.264 e. The first kappa shape index (κ1) is 31.7. The molecule has 0 fully saturated rings. The number of carbonyl (C=O) groups excluding carboxylic acids is 2. The van der Waals surface area contributed by atoms with Gasteiger partial charge in [0.15, 0.2) is 0 Å². The van der Waals surface area contributed by atoms with E-state index in [1.807, 2.05) is 20.8 Å². The molecule has 0 spiro atoms. The molecule has 0 aliphatic carbocycles. The van der Waals surface area contributed by atoms with Crippen LogP contribution in [0.15, 0.2) is 71.6 Å². The summed E-state index contributed by atoms with van der Waals surface area (Å²) >= 11 is 18.7. The molecule has 7 nitrogen and oxygen atoms in total. The third-order valence-electron chi connectivity index (χ3n) is 6.23. The van der Waals surface area contributed by atoms with Gasteiger partial charge in [-0.2, -0.15) is 0 Å². The molecular weight excluding hydrogens is 593 g/mol. The zero-order chi connectivity index (χ0) is 29.6. The van der Waals surface area contributed by atoms with Crippen LogP contribution in [0.4, 0.5) is 5.69 Å². The predicted molar refractivity (Wildman–Crippen MR) is 161 cm³/mol. The highest BCUT2D eigenvalue weighted by Gasteiger charge is 2.33. The summed E-state index contributed by atoms with van der Waals surface area (Å²) in [5.41, 5.74) is 1.64. The van der Waals surface area contributed by atoms with E-state index >= 15 is 0 Å². The topological polar surface area (TPSA) is 86.8 Å². The van der Waals surface area contributed by atoms with Crippen molar-refractivity contribution < 1.29 is 18.0 Å². The number of halogens is 3. The molecule has 3 aromatic carbocycles. The van der Waals surface area contributed by atoms with E-state index in [1.165, 1.54) is 35.2 Å². The molecule has 0 radical (unpaired) electrons. The molecule has 11 heteroatoms. The number of benzene rings is 3. The molecule has 3 aromatic rings. The van der Waals surface area contributed by atoms with E-state index in [0.717, 1.165) is 9.87 Å². The van der Waals surface area contributed by atoms with Crippen LogP contribution in [0.3, 0.4) is 0 Å². The van der Waals surface area contributed by atoms with E-state index in [-0.39, 0.29) is 39.0 Å². The van der Waals surface area contributed by atoms with E-state index in [9.17, 15) is 18.0 Å². The van der Waals surface area contributed by atoms with Gasteiger partial charge in [-0.05, 0) is 61.7 Å². The van der Waals surface area contributed by atoms with E-state index in [2.05, 4.69) is 5.32 Å². The zero-order valence-corrected chi connectivity index (χ0v) is 25.8. The predicted octanol–water partition coefficient (Wildman–Crippen LogP) is 6.34. The lowest BCUT2D eigenvalue weighted by molar-refractivity contribution is -0.139. The monoisotopic (exact) mass is 623 g/mol. The first-order valence-corrected chi connectivity index (χ1v) is 15.2. The van der Waals surface area contributed by atoms with Crippen molar-refractivity contribution in [2.75, 3.05) is 17.4 Å². The fraction of sp³-hybridized carbons (Fsp3) is 0.310. The molecule has 0 heterocycles. The fourth-order valence-corrected chi connectivity index (χ4v) is 5.75. The molecule has 1 atom stereocenters. The van der Waals surface area contributed by atoms with Gasteiger partial charge in [0, 0.05) is 18.1 Å². The molecule has 3 rings (SSSR count). The third-order valence-corrected chi connectivity index (χ3v) is 9.13. The van der Waals surface area contributed by atoms with Gasteiger partial charge in [-0.25, -0.2) is 8.42 Å². The highest BCUT2D eigenvalue weighted by molar-refractivity contribution is 7.92. The van der Waals surface area contributed by atoms with E-state index in [0.29, 0.717) is 17.1 Å². The number of nitrogens with one attached hydrogen (secondary N) is 1. The molecule has 214 valence electrons. The van der Waals surface area contributed by atoms with Gasteiger partial charge in [0.25, 0.3) is 10.0 Å². The third kappa shape index (κ3) is 7.91. The number of amides is 2. The Morgan fingerprint density at radius 3 is 2.12 bits per heavy atom. The van der Waals surface area contributed by atoms with Crippen molar-refractivity contribution in [3.63, 3.8) is 0 Å². The minimum Gasteiger partial charge on any atom is -0.354 e. The quantitative estimate of drug-likeness (QED) is 0.270. The number of sulfonamides is 1. The fourth-order valence-electron chi connectivity index (χ4n) is 3.85. The normalized spacial score (nSPS) is 12.2. The highest BCUT2D eigenvalue weighted by Crippen LogP contribution is 2.31. The Morgan fingerprint density at radius 1 is 0.875 bits per heavy atom. The van der Waals surface area contributed by atoms with Crippen LogP contribution in [0.25, 0.3) is 0 Å². The molecule has 0 aliphatic rings. The van der Waals surface area contributed by atoms with Gasteiger partial charge in [0.2, 0.25) is 11.8 Å². The van der Waals surface area contributed by atoms with E-state index in [4.69, 9.17) is 34.8 Å². The Balaban J connectivity index is 2.05. The second-order valence-corrected chi connectivity index (χ2v) is 12.9. The maximum atomic E-state index is 13.9. The van der Waals surface area contributed by atoms with Gasteiger partial charge in [-0.1, -0.05) is 84.5 Å². The van der Waals surface area contributed by atoms with Crippen LogP contribution < -0.4 is 9.62 Å². The minimum atomic E-state index is -4.22.